The maximum Gasteiger partial charge on any atom is 0.277 e. The Morgan fingerprint density at radius 2 is 1.97 bits per heavy atom. The maximum atomic E-state index is 12.6. The van der Waals surface area contributed by atoms with Gasteiger partial charge in [0.2, 0.25) is 11.9 Å². The van der Waals surface area contributed by atoms with Gasteiger partial charge < -0.3 is 10.7 Å². The van der Waals surface area contributed by atoms with Gasteiger partial charge in [0.1, 0.15) is 5.69 Å². The lowest BCUT2D eigenvalue weighted by atomic mass is 9.97. The van der Waals surface area contributed by atoms with E-state index in [1.165, 1.54) is 16.9 Å². The van der Waals surface area contributed by atoms with Gasteiger partial charge in [-0.1, -0.05) is 24.3 Å². The van der Waals surface area contributed by atoms with Crippen molar-refractivity contribution in [1.82, 2.24) is 25.2 Å². The number of hydrogen-bond donors (Lipinski definition) is 3. The van der Waals surface area contributed by atoms with Gasteiger partial charge in [-0.05, 0) is 55.8 Å². The van der Waals surface area contributed by atoms with E-state index in [0.29, 0.717) is 23.1 Å². The first-order chi connectivity index (χ1) is 17.1. The Kier molecular flexibility index (Phi) is 6.52. The summed E-state index contributed by atoms with van der Waals surface area (Å²) in [5.74, 6) is 0.235. The molecule has 3 heterocycles. The molecule has 4 N–H and O–H groups in total. The van der Waals surface area contributed by atoms with Gasteiger partial charge in [-0.15, -0.1) is 11.3 Å². The smallest absolute Gasteiger partial charge is 0.277 e. The second-order valence-electron chi connectivity index (χ2n) is 8.46. The average molecular weight is 485 g/mol. The Labute approximate surface area is 206 Å². The van der Waals surface area contributed by atoms with Crippen LogP contribution in [0.2, 0.25) is 0 Å². The van der Waals surface area contributed by atoms with Crippen LogP contribution in [0.4, 0.5) is 5.95 Å². The molecule has 0 spiro atoms. The van der Waals surface area contributed by atoms with Crippen molar-refractivity contribution >= 4 is 40.2 Å². The number of guanidine groups is 1. The summed E-state index contributed by atoms with van der Waals surface area (Å²) in [5, 5.41) is 14.3. The van der Waals surface area contributed by atoms with Crippen molar-refractivity contribution in [3.8, 4) is 6.07 Å². The molecule has 0 radical (unpaired) electrons. The van der Waals surface area contributed by atoms with Gasteiger partial charge >= 0.3 is 0 Å². The number of nitrogens with zero attached hydrogens (tertiary/aromatic N) is 5. The number of carbonyl (C=O) groups is 1. The van der Waals surface area contributed by atoms with Crippen LogP contribution in [-0.2, 0) is 6.54 Å². The molecule has 0 bridgehead atoms. The monoisotopic (exact) mass is 484 g/mol. The number of nitrogens with two attached hydrogens (primary N) is 1. The summed E-state index contributed by atoms with van der Waals surface area (Å²) in [6.07, 6.45) is 1.97. The van der Waals surface area contributed by atoms with Gasteiger partial charge in [-0.25, -0.2) is 9.97 Å². The Morgan fingerprint density at radius 3 is 2.71 bits per heavy atom. The van der Waals surface area contributed by atoms with Crippen LogP contribution >= 0.6 is 11.3 Å². The number of aromatic nitrogens is 3. The van der Waals surface area contributed by atoms with Crippen LogP contribution in [0.25, 0.3) is 11.0 Å². The molecule has 2 aromatic carbocycles. The molecule has 5 rings (SSSR count). The highest BCUT2D eigenvalue weighted by Gasteiger charge is 2.24. The molecule has 9 nitrogen and oxygen atoms in total. The van der Waals surface area contributed by atoms with Gasteiger partial charge in [-0.2, -0.15) is 10.3 Å². The summed E-state index contributed by atoms with van der Waals surface area (Å²) < 4.78 is 0. The van der Waals surface area contributed by atoms with Crippen LogP contribution in [0.1, 0.15) is 45.4 Å². The van der Waals surface area contributed by atoms with E-state index in [1.54, 1.807) is 5.38 Å². The predicted octanol–water partition coefficient (Wildman–Crippen LogP) is 3.65. The number of thiazole rings is 1. The number of para-hydroxylation sites is 2. The second-order valence-corrected chi connectivity index (χ2v) is 9.35. The van der Waals surface area contributed by atoms with E-state index in [4.69, 9.17) is 11.0 Å². The Bertz CT molecular complexity index is 1370. The van der Waals surface area contributed by atoms with Crippen LogP contribution in [-0.4, -0.2) is 44.8 Å². The number of fused-ring (bicyclic) bond motifs is 1. The fourth-order valence-corrected chi connectivity index (χ4v) is 5.15. The molecule has 35 heavy (non-hydrogen) atoms. The molecular formula is C25H24N8OS. The highest BCUT2D eigenvalue weighted by atomic mass is 32.1. The van der Waals surface area contributed by atoms with Crippen molar-refractivity contribution in [2.24, 2.45) is 10.7 Å². The van der Waals surface area contributed by atoms with E-state index in [2.05, 4.69) is 36.2 Å². The number of rotatable bonds is 5. The molecule has 0 saturated carbocycles. The number of nitriles is 1. The number of H-pyrrole nitrogens is 1. The first-order valence-electron chi connectivity index (χ1n) is 11.3. The topological polar surface area (TPSA) is 136 Å². The van der Waals surface area contributed by atoms with Gasteiger partial charge in [0.25, 0.3) is 5.91 Å². The maximum absolute atomic E-state index is 12.6. The number of nitrogens with one attached hydrogen (secondary N) is 2. The van der Waals surface area contributed by atoms with E-state index in [9.17, 15) is 4.79 Å². The first kappa shape index (κ1) is 22.7. The van der Waals surface area contributed by atoms with Crippen LogP contribution in [0.15, 0.2) is 58.9 Å². The third kappa shape index (κ3) is 5.37. The summed E-state index contributed by atoms with van der Waals surface area (Å²) in [6.45, 7) is 2.79. The van der Waals surface area contributed by atoms with E-state index >= 15 is 0 Å². The van der Waals surface area contributed by atoms with Crippen molar-refractivity contribution in [1.29, 1.82) is 5.26 Å². The SMILES string of the molecule is N#Cc1ccc(CN2CCC(c3nc(C(=O)NC(N)=Nc4nc5ccccc5[nH]4)cs3)CC2)cc1. The minimum absolute atomic E-state index is 0.0419. The Hall–Kier alpha value is -4.07. The largest absolute Gasteiger partial charge is 0.369 e. The quantitative estimate of drug-likeness (QED) is 0.292. The third-order valence-electron chi connectivity index (χ3n) is 6.03. The number of likely N-dealkylation sites (tertiary alicyclic amines) is 1. The summed E-state index contributed by atoms with van der Waals surface area (Å²) in [4.78, 5) is 31.2. The number of hydrogen-bond acceptors (Lipinski definition) is 7. The molecule has 176 valence electrons. The number of aromatic amines is 1. The van der Waals surface area contributed by atoms with Crippen LogP contribution in [0.3, 0.4) is 0 Å². The second kappa shape index (κ2) is 10.0. The fourth-order valence-electron chi connectivity index (χ4n) is 4.18. The van der Waals surface area contributed by atoms with Crippen molar-refractivity contribution in [2.75, 3.05) is 13.1 Å². The minimum atomic E-state index is -0.386. The molecular weight excluding hydrogens is 460 g/mol. The molecule has 0 atom stereocenters. The number of amides is 1. The number of carbonyl (C=O) groups excluding carboxylic acids is 1. The van der Waals surface area contributed by atoms with Crippen molar-refractivity contribution in [3.63, 3.8) is 0 Å². The minimum Gasteiger partial charge on any atom is -0.369 e. The lowest BCUT2D eigenvalue weighted by molar-refractivity contribution is 0.0972. The molecule has 0 unspecified atom stereocenters. The summed E-state index contributed by atoms with van der Waals surface area (Å²) in [5.41, 5.74) is 9.77. The highest BCUT2D eigenvalue weighted by Crippen LogP contribution is 2.31. The van der Waals surface area contributed by atoms with E-state index in [0.717, 1.165) is 48.5 Å². The standard InChI is InChI=1S/C25H24N8OS/c26-13-16-5-7-17(8-6-16)14-33-11-9-18(10-12-33)23-28-21(15-35-23)22(34)31-24(27)32-25-29-19-3-1-2-4-20(19)30-25/h1-8,15,18H,9-12,14H2,(H4,27,29,30,31,32,34). The lowest BCUT2D eigenvalue weighted by Crippen LogP contribution is -2.36. The highest BCUT2D eigenvalue weighted by molar-refractivity contribution is 7.09. The van der Waals surface area contributed by atoms with E-state index in [-0.39, 0.29) is 11.9 Å². The van der Waals surface area contributed by atoms with Gasteiger partial charge in [0.15, 0.2) is 0 Å². The predicted molar refractivity (Wildman–Crippen MR) is 135 cm³/mol. The van der Waals surface area contributed by atoms with Crippen molar-refractivity contribution < 1.29 is 4.79 Å². The van der Waals surface area contributed by atoms with Gasteiger partial charge in [0.05, 0.1) is 27.7 Å². The molecule has 1 aliphatic heterocycles. The Morgan fingerprint density at radius 1 is 1.20 bits per heavy atom. The zero-order valence-corrected chi connectivity index (χ0v) is 19.8. The van der Waals surface area contributed by atoms with Crippen molar-refractivity contribution in [2.45, 2.75) is 25.3 Å². The van der Waals surface area contributed by atoms with E-state index < -0.39 is 0 Å². The molecule has 1 fully saturated rings. The molecule has 0 aliphatic carbocycles. The van der Waals surface area contributed by atoms with Crippen LogP contribution < -0.4 is 11.1 Å². The molecule has 4 aromatic rings. The normalized spacial score (nSPS) is 15.2. The van der Waals surface area contributed by atoms with Crippen LogP contribution in [0.5, 0.6) is 0 Å². The van der Waals surface area contributed by atoms with Gasteiger partial charge in [-0.3, -0.25) is 15.0 Å². The molecule has 1 aliphatic rings. The first-order valence-corrected chi connectivity index (χ1v) is 12.2. The van der Waals surface area contributed by atoms with Gasteiger partial charge in [0, 0.05) is 17.8 Å². The zero-order valence-electron chi connectivity index (χ0n) is 18.9. The summed E-state index contributed by atoms with van der Waals surface area (Å²) in [6, 6.07) is 17.5. The van der Waals surface area contributed by atoms with E-state index in [1.807, 2.05) is 48.5 Å². The number of piperidine rings is 1. The third-order valence-corrected chi connectivity index (χ3v) is 7.03. The number of benzene rings is 2. The summed E-state index contributed by atoms with van der Waals surface area (Å²) in [7, 11) is 0. The number of aliphatic imine (C=N–C) groups is 1. The fraction of sp³-hybridized carbons (Fsp3) is 0.240. The zero-order chi connectivity index (χ0) is 24.2. The number of imidazole rings is 1. The lowest BCUT2D eigenvalue weighted by Gasteiger charge is -2.31. The van der Waals surface area contributed by atoms with Crippen LogP contribution in [0, 0.1) is 11.3 Å². The molecule has 1 amide bonds. The Balaban J connectivity index is 1.15. The molecule has 10 heteroatoms. The molecule has 1 saturated heterocycles. The van der Waals surface area contributed by atoms with Crippen molar-refractivity contribution in [3.05, 3.63) is 75.7 Å². The average Bonchev–Trinajstić information content (AvgIpc) is 3.52. The summed E-state index contributed by atoms with van der Waals surface area (Å²) >= 11 is 1.51. The molecule has 2 aromatic heterocycles.